The monoisotopic (exact) mass is 249 g/mol. The SMILES string of the molecule is NS(=O)(=O)C1CCC1.O=C(O)C(F)(F)F. The van der Waals surface area contributed by atoms with Crippen LogP contribution in [0.3, 0.4) is 0 Å². The second kappa shape index (κ2) is 4.79. The van der Waals surface area contributed by atoms with Gasteiger partial charge in [-0.05, 0) is 12.8 Å². The zero-order valence-corrected chi connectivity index (χ0v) is 8.31. The Bertz CT molecular complexity index is 320. The molecular weight excluding hydrogens is 239 g/mol. The van der Waals surface area contributed by atoms with E-state index in [9.17, 15) is 21.6 Å². The summed E-state index contributed by atoms with van der Waals surface area (Å²) in [7, 11) is -3.17. The Hall–Kier alpha value is -0.830. The van der Waals surface area contributed by atoms with E-state index >= 15 is 0 Å². The molecule has 0 radical (unpaired) electrons. The van der Waals surface area contributed by atoms with Gasteiger partial charge in [0.25, 0.3) is 0 Å². The van der Waals surface area contributed by atoms with E-state index in [0.29, 0.717) is 0 Å². The summed E-state index contributed by atoms with van der Waals surface area (Å²) in [6.07, 6.45) is -2.54. The fraction of sp³-hybridized carbons (Fsp3) is 0.833. The highest BCUT2D eigenvalue weighted by Gasteiger charge is 2.38. The molecule has 90 valence electrons. The molecule has 0 aromatic carbocycles. The second-order valence-corrected chi connectivity index (χ2v) is 4.79. The Morgan fingerprint density at radius 3 is 1.67 bits per heavy atom. The van der Waals surface area contributed by atoms with Crippen molar-refractivity contribution in [3.63, 3.8) is 0 Å². The Kier molecular flexibility index (Phi) is 4.53. The number of carboxylic acids is 1. The van der Waals surface area contributed by atoms with Crippen LogP contribution < -0.4 is 5.14 Å². The predicted octanol–water partition coefficient (Wildman–Crippen LogP) is 0.461. The molecule has 0 aromatic rings. The molecule has 1 saturated carbocycles. The molecule has 9 heteroatoms. The Labute approximate surface area is 84.1 Å². The van der Waals surface area contributed by atoms with E-state index in [2.05, 4.69) is 0 Å². The number of nitrogens with two attached hydrogens (primary N) is 1. The fourth-order valence-electron chi connectivity index (χ4n) is 0.699. The van der Waals surface area contributed by atoms with Crippen LogP contribution in [0.4, 0.5) is 13.2 Å². The van der Waals surface area contributed by atoms with Crippen molar-refractivity contribution in [3.8, 4) is 0 Å². The third-order valence-corrected chi connectivity index (χ3v) is 3.16. The summed E-state index contributed by atoms with van der Waals surface area (Å²) in [6, 6.07) is 0. The smallest absolute Gasteiger partial charge is 0.475 e. The first-order valence-electron chi connectivity index (χ1n) is 3.87. The molecule has 1 aliphatic carbocycles. The lowest BCUT2D eigenvalue weighted by Crippen LogP contribution is -2.33. The molecule has 0 unspecified atom stereocenters. The number of carboxylic acid groups (broad SMARTS) is 1. The second-order valence-electron chi connectivity index (χ2n) is 2.94. The van der Waals surface area contributed by atoms with Crippen molar-refractivity contribution in [2.45, 2.75) is 30.7 Å². The summed E-state index contributed by atoms with van der Waals surface area (Å²) in [4.78, 5) is 8.90. The van der Waals surface area contributed by atoms with Gasteiger partial charge < -0.3 is 5.11 Å². The number of sulfonamides is 1. The lowest BCUT2D eigenvalue weighted by atomic mass is 10.0. The van der Waals surface area contributed by atoms with Crippen molar-refractivity contribution < 1.29 is 31.5 Å². The van der Waals surface area contributed by atoms with E-state index in [1.807, 2.05) is 0 Å². The van der Waals surface area contributed by atoms with Gasteiger partial charge in [-0.25, -0.2) is 18.4 Å². The highest BCUT2D eigenvalue weighted by Crippen LogP contribution is 2.23. The third-order valence-electron chi connectivity index (χ3n) is 1.76. The number of halogens is 3. The van der Waals surface area contributed by atoms with Crippen LogP contribution >= 0.6 is 0 Å². The largest absolute Gasteiger partial charge is 0.490 e. The number of rotatable bonds is 1. The highest BCUT2D eigenvalue weighted by molar-refractivity contribution is 7.89. The predicted molar refractivity (Wildman–Crippen MR) is 44.4 cm³/mol. The molecule has 0 saturated heterocycles. The van der Waals surface area contributed by atoms with Gasteiger partial charge in [0.05, 0.1) is 5.25 Å². The molecule has 0 aliphatic heterocycles. The molecule has 0 aromatic heterocycles. The van der Waals surface area contributed by atoms with Crippen LogP contribution in [0.15, 0.2) is 0 Å². The van der Waals surface area contributed by atoms with Gasteiger partial charge in [0.2, 0.25) is 10.0 Å². The molecule has 0 atom stereocenters. The maximum Gasteiger partial charge on any atom is 0.490 e. The fourth-order valence-corrected chi connectivity index (χ4v) is 1.69. The van der Waals surface area contributed by atoms with Crippen LogP contribution in [0, 0.1) is 0 Å². The molecule has 0 bridgehead atoms. The van der Waals surface area contributed by atoms with Gasteiger partial charge in [0, 0.05) is 0 Å². The van der Waals surface area contributed by atoms with E-state index in [-0.39, 0.29) is 5.25 Å². The van der Waals surface area contributed by atoms with Gasteiger partial charge in [-0.3, -0.25) is 0 Å². The Morgan fingerprint density at radius 2 is 1.67 bits per heavy atom. The number of hydrogen-bond acceptors (Lipinski definition) is 3. The number of aliphatic carboxylic acids is 1. The maximum atomic E-state index is 10.6. The minimum Gasteiger partial charge on any atom is -0.475 e. The Balaban J connectivity index is 0.000000265. The molecule has 1 fully saturated rings. The number of hydrogen-bond donors (Lipinski definition) is 2. The number of primary sulfonamides is 1. The van der Waals surface area contributed by atoms with Gasteiger partial charge in [0.1, 0.15) is 0 Å². The minimum absolute atomic E-state index is 0.220. The molecule has 0 amide bonds. The molecule has 1 rings (SSSR count). The van der Waals surface area contributed by atoms with Crippen LogP contribution in [0.2, 0.25) is 0 Å². The summed E-state index contributed by atoms with van der Waals surface area (Å²) < 4.78 is 52.5. The van der Waals surface area contributed by atoms with Gasteiger partial charge >= 0.3 is 12.1 Å². The molecule has 0 heterocycles. The first kappa shape index (κ1) is 14.2. The summed E-state index contributed by atoms with van der Waals surface area (Å²) in [6.45, 7) is 0. The van der Waals surface area contributed by atoms with E-state index in [4.69, 9.17) is 15.0 Å². The van der Waals surface area contributed by atoms with Crippen molar-refractivity contribution in [1.82, 2.24) is 0 Å². The summed E-state index contributed by atoms with van der Waals surface area (Å²) in [5.41, 5.74) is 0. The van der Waals surface area contributed by atoms with Crippen molar-refractivity contribution in [3.05, 3.63) is 0 Å². The van der Waals surface area contributed by atoms with Crippen molar-refractivity contribution in [2.24, 2.45) is 5.14 Å². The maximum absolute atomic E-state index is 10.6. The molecule has 5 nitrogen and oxygen atoms in total. The van der Waals surface area contributed by atoms with E-state index in [0.717, 1.165) is 19.3 Å². The average molecular weight is 249 g/mol. The van der Waals surface area contributed by atoms with Gasteiger partial charge in [0.15, 0.2) is 0 Å². The zero-order valence-electron chi connectivity index (χ0n) is 7.49. The van der Waals surface area contributed by atoms with Crippen molar-refractivity contribution >= 4 is 16.0 Å². The lowest BCUT2D eigenvalue weighted by Gasteiger charge is -2.21. The average Bonchev–Trinajstić information content (AvgIpc) is 1.76. The van der Waals surface area contributed by atoms with Gasteiger partial charge in [-0.2, -0.15) is 13.2 Å². The van der Waals surface area contributed by atoms with Crippen LogP contribution in [0.25, 0.3) is 0 Å². The zero-order chi connectivity index (χ0) is 12.3. The van der Waals surface area contributed by atoms with E-state index in [1.165, 1.54) is 0 Å². The van der Waals surface area contributed by atoms with Gasteiger partial charge in [-0.15, -0.1) is 0 Å². The van der Waals surface area contributed by atoms with Crippen LogP contribution in [0.1, 0.15) is 19.3 Å². The normalized spacial score (nSPS) is 17.3. The quantitative estimate of drug-likeness (QED) is 0.705. The molecule has 0 spiro atoms. The molecule has 15 heavy (non-hydrogen) atoms. The molecular formula is C6H10F3NO4S. The van der Waals surface area contributed by atoms with Crippen LogP contribution in [-0.4, -0.2) is 30.9 Å². The first-order chi connectivity index (χ1) is 6.55. The van der Waals surface area contributed by atoms with Crippen LogP contribution in [-0.2, 0) is 14.8 Å². The van der Waals surface area contributed by atoms with Gasteiger partial charge in [-0.1, -0.05) is 6.42 Å². The number of carbonyl (C=O) groups is 1. The third kappa shape index (κ3) is 5.57. The molecule has 1 aliphatic rings. The topological polar surface area (TPSA) is 97.5 Å². The summed E-state index contributed by atoms with van der Waals surface area (Å²) >= 11 is 0. The lowest BCUT2D eigenvalue weighted by molar-refractivity contribution is -0.192. The summed E-state index contributed by atoms with van der Waals surface area (Å²) in [5, 5.41) is 11.7. The summed E-state index contributed by atoms with van der Waals surface area (Å²) in [5.74, 6) is -2.76. The standard InChI is InChI=1S/C4H9NO2S.C2HF3O2/c5-8(6,7)4-2-1-3-4;3-2(4,5)1(6)7/h4H,1-3H2,(H2,5,6,7);(H,6,7). The first-order valence-corrected chi connectivity index (χ1v) is 5.48. The van der Waals surface area contributed by atoms with E-state index in [1.54, 1.807) is 0 Å². The van der Waals surface area contributed by atoms with Crippen molar-refractivity contribution in [2.75, 3.05) is 0 Å². The minimum atomic E-state index is -5.08. The number of alkyl halides is 3. The molecule has 3 N–H and O–H groups in total. The van der Waals surface area contributed by atoms with E-state index < -0.39 is 22.2 Å². The Morgan fingerprint density at radius 1 is 1.33 bits per heavy atom. The van der Waals surface area contributed by atoms with Crippen molar-refractivity contribution in [1.29, 1.82) is 0 Å². The highest BCUT2D eigenvalue weighted by atomic mass is 32.2. The van der Waals surface area contributed by atoms with Crippen LogP contribution in [0.5, 0.6) is 0 Å².